The molecule has 0 unspecified atom stereocenters. The molecule has 0 fully saturated rings. The van der Waals surface area contributed by atoms with Gasteiger partial charge in [-0.2, -0.15) is 0 Å². The minimum absolute atomic E-state index is 0.0903. The van der Waals surface area contributed by atoms with Gasteiger partial charge in [0.1, 0.15) is 0 Å². The lowest BCUT2D eigenvalue weighted by Crippen LogP contribution is -2.20. The standard InChI is InChI=1S/C7H9NO3S/c1-6-4-2-3-5-7(6)12(10,11)8-9/h2-5,8-9H,1H3. The van der Waals surface area contributed by atoms with Gasteiger partial charge in [-0.15, -0.1) is 0 Å². The highest BCUT2D eigenvalue weighted by atomic mass is 32.2. The van der Waals surface area contributed by atoms with E-state index in [9.17, 15) is 8.42 Å². The quantitative estimate of drug-likeness (QED) is 0.668. The summed E-state index contributed by atoms with van der Waals surface area (Å²) in [5.41, 5.74) is 0.596. The van der Waals surface area contributed by atoms with Crippen molar-refractivity contribution < 1.29 is 13.6 Å². The average Bonchev–Trinajstić information content (AvgIpc) is 2.05. The monoisotopic (exact) mass is 187 g/mol. The summed E-state index contributed by atoms with van der Waals surface area (Å²) in [5, 5.41) is 8.33. The maximum Gasteiger partial charge on any atom is 0.262 e. The van der Waals surface area contributed by atoms with Crippen molar-refractivity contribution >= 4 is 10.0 Å². The van der Waals surface area contributed by atoms with Crippen molar-refractivity contribution in [3.05, 3.63) is 29.8 Å². The highest BCUT2D eigenvalue weighted by Crippen LogP contribution is 2.12. The number of hydrogen-bond acceptors (Lipinski definition) is 3. The van der Waals surface area contributed by atoms with Gasteiger partial charge in [0, 0.05) is 0 Å². The molecule has 1 aromatic rings. The maximum absolute atomic E-state index is 11.1. The number of benzene rings is 1. The first-order valence-electron chi connectivity index (χ1n) is 3.29. The van der Waals surface area contributed by atoms with E-state index in [0.29, 0.717) is 5.56 Å². The molecule has 0 aliphatic carbocycles. The van der Waals surface area contributed by atoms with E-state index in [0.717, 1.165) is 0 Å². The van der Waals surface area contributed by atoms with Crippen LogP contribution in [0.15, 0.2) is 29.2 Å². The van der Waals surface area contributed by atoms with Gasteiger partial charge in [-0.3, -0.25) is 0 Å². The Morgan fingerprint density at radius 1 is 1.33 bits per heavy atom. The van der Waals surface area contributed by atoms with E-state index in [4.69, 9.17) is 5.21 Å². The summed E-state index contributed by atoms with van der Waals surface area (Å²) in [4.78, 5) is 1.36. The van der Waals surface area contributed by atoms with E-state index >= 15 is 0 Å². The molecule has 0 radical (unpaired) electrons. The van der Waals surface area contributed by atoms with Crippen molar-refractivity contribution in [1.82, 2.24) is 4.89 Å². The molecule has 2 N–H and O–H groups in total. The Bertz CT molecular complexity index is 372. The van der Waals surface area contributed by atoms with Crippen molar-refractivity contribution in [3.63, 3.8) is 0 Å². The number of rotatable bonds is 2. The third-order valence-corrected chi connectivity index (χ3v) is 2.78. The minimum atomic E-state index is -3.72. The first-order valence-corrected chi connectivity index (χ1v) is 4.78. The van der Waals surface area contributed by atoms with Crippen molar-refractivity contribution in [1.29, 1.82) is 0 Å². The molecule has 4 nitrogen and oxygen atoms in total. The van der Waals surface area contributed by atoms with Gasteiger partial charge in [0.15, 0.2) is 0 Å². The van der Waals surface area contributed by atoms with Crippen LogP contribution in [0.1, 0.15) is 5.56 Å². The van der Waals surface area contributed by atoms with Crippen LogP contribution in [0.3, 0.4) is 0 Å². The zero-order valence-corrected chi connectivity index (χ0v) is 7.30. The lowest BCUT2D eigenvalue weighted by atomic mass is 10.2. The van der Waals surface area contributed by atoms with Crippen LogP contribution >= 0.6 is 0 Å². The third-order valence-electron chi connectivity index (χ3n) is 1.50. The minimum Gasteiger partial charge on any atom is -0.302 e. The first kappa shape index (κ1) is 9.18. The Labute approximate surface area is 70.9 Å². The van der Waals surface area contributed by atoms with E-state index in [2.05, 4.69) is 0 Å². The van der Waals surface area contributed by atoms with Crippen LogP contribution in [0.2, 0.25) is 0 Å². The molecule has 12 heavy (non-hydrogen) atoms. The summed E-state index contributed by atoms with van der Waals surface area (Å²) in [6, 6.07) is 6.40. The SMILES string of the molecule is Cc1ccccc1S(=O)(=O)NO. The molecule has 0 aromatic heterocycles. The van der Waals surface area contributed by atoms with E-state index in [1.54, 1.807) is 25.1 Å². The van der Waals surface area contributed by atoms with E-state index < -0.39 is 10.0 Å². The second-order valence-electron chi connectivity index (χ2n) is 2.36. The Hall–Kier alpha value is -0.910. The van der Waals surface area contributed by atoms with Crippen molar-refractivity contribution in [2.75, 3.05) is 0 Å². The number of hydrogen-bond donors (Lipinski definition) is 2. The molecule has 0 aliphatic heterocycles. The Morgan fingerprint density at radius 3 is 2.42 bits per heavy atom. The van der Waals surface area contributed by atoms with Gasteiger partial charge in [0.2, 0.25) is 0 Å². The number of aryl methyl sites for hydroxylation is 1. The van der Waals surface area contributed by atoms with Crippen LogP contribution in [-0.4, -0.2) is 13.6 Å². The number of nitrogens with one attached hydrogen (secondary N) is 1. The molecule has 66 valence electrons. The lowest BCUT2D eigenvalue weighted by Gasteiger charge is -2.03. The molecule has 0 spiro atoms. The molecule has 0 atom stereocenters. The Morgan fingerprint density at radius 2 is 1.92 bits per heavy atom. The molecule has 1 rings (SSSR count). The second-order valence-corrected chi connectivity index (χ2v) is 3.99. The van der Waals surface area contributed by atoms with Crippen LogP contribution in [0.4, 0.5) is 0 Å². The summed E-state index contributed by atoms with van der Waals surface area (Å²) >= 11 is 0. The van der Waals surface area contributed by atoms with Gasteiger partial charge in [0.05, 0.1) is 4.90 Å². The molecule has 0 aliphatic rings. The van der Waals surface area contributed by atoms with Crippen molar-refractivity contribution in [3.8, 4) is 0 Å². The Balaban J connectivity index is 3.30. The zero-order chi connectivity index (χ0) is 9.19. The summed E-state index contributed by atoms with van der Waals surface area (Å²) in [5.74, 6) is 0. The fourth-order valence-electron chi connectivity index (χ4n) is 0.907. The molecule has 1 aromatic carbocycles. The average molecular weight is 187 g/mol. The lowest BCUT2D eigenvalue weighted by molar-refractivity contribution is 0.242. The van der Waals surface area contributed by atoms with Gasteiger partial charge in [-0.05, 0) is 18.6 Å². The summed E-state index contributed by atoms with van der Waals surface area (Å²) in [6.45, 7) is 1.66. The Kier molecular flexibility index (Phi) is 2.46. The first-order chi connectivity index (χ1) is 5.58. The van der Waals surface area contributed by atoms with E-state index in [-0.39, 0.29) is 4.90 Å². The molecule has 0 amide bonds. The van der Waals surface area contributed by atoms with Crippen molar-refractivity contribution in [2.24, 2.45) is 0 Å². The zero-order valence-electron chi connectivity index (χ0n) is 6.48. The van der Waals surface area contributed by atoms with Crippen LogP contribution in [-0.2, 0) is 10.0 Å². The molecular formula is C7H9NO3S. The normalized spacial score (nSPS) is 11.5. The van der Waals surface area contributed by atoms with Crippen LogP contribution in [0, 0.1) is 6.92 Å². The fraction of sp³-hybridized carbons (Fsp3) is 0.143. The predicted octanol–water partition coefficient (Wildman–Crippen LogP) is 0.663. The van der Waals surface area contributed by atoms with Crippen LogP contribution in [0.25, 0.3) is 0 Å². The van der Waals surface area contributed by atoms with Gasteiger partial charge >= 0.3 is 0 Å². The maximum atomic E-state index is 11.1. The molecular weight excluding hydrogens is 178 g/mol. The molecule has 0 heterocycles. The topological polar surface area (TPSA) is 66.4 Å². The summed E-state index contributed by atoms with van der Waals surface area (Å²) < 4.78 is 22.1. The van der Waals surface area contributed by atoms with Crippen LogP contribution < -0.4 is 4.89 Å². The molecule has 5 heteroatoms. The summed E-state index contributed by atoms with van der Waals surface area (Å²) in [6.07, 6.45) is 0. The summed E-state index contributed by atoms with van der Waals surface area (Å²) in [7, 11) is -3.72. The van der Waals surface area contributed by atoms with Crippen molar-refractivity contribution in [2.45, 2.75) is 11.8 Å². The van der Waals surface area contributed by atoms with Gasteiger partial charge < -0.3 is 5.21 Å². The molecule has 0 saturated carbocycles. The second kappa shape index (κ2) is 3.22. The van der Waals surface area contributed by atoms with Crippen LogP contribution in [0.5, 0.6) is 0 Å². The largest absolute Gasteiger partial charge is 0.302 e. The fourth-order valence-corrected chi connectivity index (χ4v) is 1.76. The molecule has 0 bridgehead atoms. The van der Waals surface area contributed by atoms with E-state index in [1.807, 2.05) is 0 Å². The molecule has 0 saturated heterocycles. The highest BCUT2D eigenvalue weighted by Gasteiger charge is 2.13. The smallest absolute Gasteiger partial charge is 0.262 e. The van der Waals surface area contributed by atoms with Gasteiger partial charge in [0.25, 0.3) is 10.0 Å². The highest BCUT2D eigenvalue weighted by molar-refractivity contribution is 7.89. The van der Waals surface area contributed by atoms with E-state index in [1.165, 1.54) is 11.0 Å². The predicted molar refractivity (Wildman–Crippen MR) is 43.3 cm³/mol. The third kappa shape index (κ3) is 1.63. The number of sulfonamides is 1. The van der Waals surface area contributed by atoms with Gasteiger partial charge in [-0.25, -0.2) is 8.42 Å². The van der Waals surface area contributed by atoms with Gasteiger partial charge in [-0.1, -0.05) is 23.1 Å².